The monoisotopic (exact) mass is 350 g/mol. The smallest absolute Gasteiger partial charge is 0.190 e. The van der Waals surface area contributed by atoms with Crippen LogP contribution in [0.3, 0.4) is 0 Å². The van der Waals surface area contributed by atoms with Crippen molar-refractivity contribution in [3.63, 3.8) is 0 Å². The average Bonchev–Trinajstić information content (AvgIpc) is 3.06. The Bertz CT molecular complexity index is 560. The molecule has 3 rings (SSSR count). The number of ether oxygens (including phenoxy) is 5. The van der Waals surface area contributed by atoms with Gasteiger partial charge in [0.2, 0.25) is 0 Å². The molecule has 6 heteroatoms. The molecule has 0 aliphatic carbocycles. The molecule has 2 fully saturated rings. The predicted molar refractivity (Wildman–Crippen MR) is 90.7 cm³/mol. The van der Waals surface area contributed by atoms with Crippen molar-refractivity contribution < 1.29 is 28.8 Å². The van der Waals surface area contributed by atoms with E-state index in [1.54, 1.807) is 6.08 Å². The Morgan fingerprint density at radius 1 is 1.28 bits per heavy atom. The van der Waals surface area contributed by atoms with Gasteiger partial charge >= 0.3 is 0 Å². The van der Waals surface area contributed by atoms with Crippen LogP contribution < -0.4 is 0 Å². The lowest BCUT2D eigenvalue weighted by Gasteiger charge is -2.28. The maximum atomic E-state index is 10.5. The summed E-state index contributed by atoms with van der Waals surface area (Å²) < 4.78 is 29.0. The summed E-state index contributed by atoms with van der Waals surface area (Å²) in [7, 11) is 0. The van der Waals surface area contributed by atoms with Gasteiger partial charge in [0.25, 0.3) is 0 Å². The van der Waals surface area contributed by atoms with Crippen LogP contribution in [0.15, 0.2) is 43.0 Å². The van der Waals surface area contributed by atoms with Crippen LogP contribution in [0.1, 0.15) is 19.4 Å². The predicted octanol–water partition coefficient (Wildman–Crippen LogP) is 2.01. The standard InChI is InChI=1S/C19H26O6/c1-4-10-21-12-14(20)15-16(22-11-13-8-6-5-7-9-13)17-18(23-15)25-19(2,3)24-17/h4-9,14-18,20H,1,10-12H2,2-3H3/t14-,15-,16+,17-,18-/m1/s1. The van der Waals surface area contributed by atoms with E-state index in [1.807, 2.05) is 44.2 Å². The molecular weight excluding hydrogens is 324 g/mol. The quantitative estimate of drug-likeness (QED) is 0.571. The van der Waals surface area contributed by atoms with Crippen LogP contribution in [0.5, 0.6) is 0 Å². The minimum Gasteiger partial charge on any atom is -0.388 e. The highest BCUT2D eigenvalue weighted by molar-refractivity contribution is 5.13. The van der Waals surface area contributed by atoms with Gasteiger partial charge < -0.3 is 28.8 Å². The zero-order chi connectivity index (χ0) is 17.9. The molecule has 0 amide bonds. The third-order valence-corrected chi connectivity index (χ3v) is 4.22. The van der Waals surface area contributed by atoms with Crippen molar-refractivity contribution in [3.8, 4) is 0 Å². The van der Waals surface area contributed by atoms with Gasteiger partial charge in [-0.3, -0.25) is 0 Å². The van der Waals surface area contributed by atoms with E-state index in [1.165, 1.54) is 0 Å². The summed E-state index contributed by atoms with van der Waals surface area (Å²) in [5.74, 6) is -0.737. The Labute approximate surface area is 148 Å². The van der Waals surface area contributed by atoms with Gasteiger partial charge in [-0.25, -0.2) is 0 Å². The third kappa shape index (κ3) is 4.47. The van der Waals surface area contributed by atoms with Crippen molar-refractivity contribution >= 4 is 0 Å². The Morgan fingerprint density at radius 3 is 2.76 bits per heavy atom. The molecule has 5 atom stereocenters. The van der Waals surface area contributed by atoms with Gasteiger partial charge in [0.1, 0.15) is 24.4 Å². The average molecular weight is 350 g/mol. The molecule has 1 N–H and O–H groups in total. The summed E-state index contributed by atoms with van der Waals surface area (Å²) in [6.45, 7) is 8.16. The highest BCUT2D eigenvalue weighted by atomic mass is 16.8. The maximum absolute atomic E-state index is 10.5. The van der Waals surface area contributed by atoms with Crippen LogP contribution in [-0.4, -0.2) is 54.8 Å². The number of benzene rings is 1. The van der Waals surface area contributed by atoms with Crippen LogP contribution in [0.2, 0.25) is 0 Å². The number of hydrogen-bond acceptors (Lipinski definition) is 6. The number of rotatable bonds is 8. The van der Waals surface area contributed by atoms with E-state index in [2.05, 4.69) is 6.58 Å². The lowest BCUT2D eigenvalue weighted by molar-refractivity contribution is -0.233. The minimum absolute atomic E-state index is 0.130. The van der Waals surface area contributed by atoms with E-state index in [4.69, 9.17) is 23.7 Å². The second kappa shape index (κ2) is 7.95. The zero-order valence-corrected chi connectivity index (χ0v) is 14.7. The molecule has 138 valence electrons. The summed E-state index contributed by atoms with van der Waals surface area (Å²) >= 11 is 0. The fraction of sp³-hybridized carbons (Fsp3) is 0.579. The SMILES string of the molecule is C=CCOC[C@@H](O)[C@H]1O[C@@H]2OC(C)(C)O[C@@H]2[C@H]1OCc1ccccc1. The summed E-state index contributed by atoms with van der Waals surface area (Å²) in [5, 5.41) is 10.5. The molecule has 0 unspecified atom stereocenters. The molecule has 1 aromatic carbocycles. The lowest BCUT2D eigenvalue weighted by Crippen LogP contribution is -2.44. The number of aliphatic hydroxyl groups is 1. The fourth-order valence-electron chi connectivity index (χ4n) is 3.14. The van der Waals surface area contributed by atoms with Crippen molar-refractivity contribution in [2.24, 2.45) is 0 Å². The molecule has 6 nitrogen and oxygen atoms in total. The minimum atomic E-state index is -0.846. The van der Waals surface area contributed by atoms with E-state index in [0.717, 1.165) is 5.56 Å². The van der Waals surface area contributed by atoms with E-state index >= 15 is 0 Å². The molecule has 0 radical (unpaired) electrons. The fourth-order valence-corrected chi connectivity index (χ4v) is 3.14. The van der Waals surface area contributed by atoms with Crippen molar-refractivity contribution in [2.45, 2.75) is 56.9 Å². The molecule has 25 heavy (non-hydrogen) atoms. The second-order valence-corrected chi connectivity index (χ2v) is 6.72. The number of hydrogen-bond donors (Lipinski definition) is 1. The molecule has 0 spiro atoms. The van der Waals surface area contributed by atoms with E-state index in [0.29, 0.717) is 13.2 Å². The normalized spacial score (nSPS) is 31.6. The Kier molecular flexibility index (Phi) is 5.89. The number of aliphatic hydroxyl groups excluding tert-OH is 1. The zero-order valence-electron chi connectivity index (χ0n) is 14.7. The molecule has 2 heterocycles. The van der Waals surface area contributed by atoms with Crippen LogP contribution in [-0.2, 0) is 30.3 Å². The summed E-state index contributed by atoms with van der Waals surface area (Å²) in [6.07, 6.45) is -1.20. The lowest BCUT2D eigenvalue weighted by atomic mass is 10.1. The van der Waals surface area contributed by atoms with Gasteiger partial charge in [0, 0.05) is 0 Å². The summed E-state index contributed by atoms with van der Waals surface area (Å²) in [6, 6.07) is 9.85. The van der Waals surface area contributed by atoms with Gasteiger partial charge in [-0.1, -0.05) is 36.4 Å². The largest absolute Gasteiger partial charge is 0.388 e. The maximum Gasteiger partial charge on any atom is 0.190 e. The van der Waals surface area contributed by atoms with Crippen LogP contribution in [0.25, 0.3) is 0 Å². The highest BCUT2D eigenvalue weighted by Gasteiger charge is 2.57. The van der Waals surface area contributed by atoms with E-state index < -0.39 is 36.5 Å². The van der Waals surface area contributed by atoms with Crippen molar-refractivity contribution in [3.05, 3.63) is 48.6 Å². The molecule has 2 aliphatic rings. The molecule has 0 bridgehead atoms. The first-order valence-electron chi connectivity index (χ1n) is 8.53. The van der Waals surface area contributed by atoms with Crippen LogP contribution >= 0.6 is 0 Å². The van der Waals surface area contributed by atoms with Gasteiger partial charge in [-0.2, -0.15) is 0 Å². The molecule has 2 saturated heterocycles. The molecule has 0 aromatic heterocycles. The molecular formula is C19H26O6. The van der Waals surface area contributed by atoms with Gasteiger partial charge in [-0.05, 0) is 19.4 Å². The van der Waals surface area contributed by atoms with Gasteiger partial charge in [0.05, 0.1) is 19.8 Å². The Balaban J connectivity index is 1.67. The first-order valence-corrected chi connectivity index (χ1v) is 8.53. The number of fused-ring (bicyclic) bond motifs is 1. The first-order chi connectivity index (χ1) is 12.0. The van der Waals surface area contributed by atoms with Crippen LogP contribution in [0, 0.1) is 0 Å². The summed E-state index contributed by atoms with van der Waals surface area (Å²) in [4.78, 5) is 0. The molecule has 0 saturated carbocycles. The first kappa shape index (κ1) is 18.5. The molecule has 1 aromatic rings. The second-order valence-electron chi connectivity index (χ2n) is 6.72. The summed E-state index contributed by atoms with van der Waals surface area (Å²) in [5.41, 5.74) is 1.04. The van der Waals surface area contributed by atoms with Crippen molar-refractivity contribution in [2.75, 3.05) is 13.2 Å². The Morgan fingerprint density at radius 2 is 2.04 bits per heavy atom. The van der Waals surface area contributed by atoms with Crippen molar-refractivity contribution in [1.29, 1.82) is 0 Å². The van der Waals surface area contributed by atoms with Crippen LogP contribution in [0.4, 0.5) is 0 Å². The van der Waals surface area contributed by atoms with Crippen molar-refractivity contribution in [1.82, 2.24) is 0 Å². The topological polar surface area (TPSA) is 66.4 Å². The highest BCUT2D eigenvalue weighted by Crippen LogP contribution is 2.40. The third-order valence-electron chi connectivity index (χ3n) is 4.22. The van der Waals surface area contributed by atoms with E-state index in [9.17, 15) is 5.11 Å². The Hall–Kier alpha value is -1.28. The van der Waals surface area contributed by atoms with E-state index in [-0.39, 0.29) is 6.61 Å². The van der Waals surface area contributed by atoms with Gasteiger partial charge in [0.15, 0.2) is 12.1 Å². The van der Waals surface area contributed by atoms with Gasteiger partial charge in [-0.15, -0.1) is 6.58 Å². The molecule has 2 aliphatic heterocycles.